The van der Waals surface area contributed by atoms with E-state index < -0.39 is 18.4 Å². The van der Waals surface area contributed by atoms with Crippen molar-refractivity contribution in [3.8, 4) is 5.88 Å². The van der Waals surface area contributed by atoms with E-state index in [0.717, 1.165) is 5.39 Å². The lowest BCUT2D eigenvalue weighted by atomic mass is 10.0. The van der Waals surface area contributed by atoms with Gasteiger partial charge < -0.3 is 9.64 Å². The number of carbonyl (C=O) groups excluding carboxylic acids is 1. The minimum absolute atomic E-state index is 0.00820. The highest BCUT2D eigenvalue weighted by Crippen LogP contribution is 2.32. The fourth-order valence-corrected chi connectivity index (χ4v) is 3.20. The number of amides is 1. The van der Waals surface area contributed by atoms with Crippen molar-refractivity contribution in [1.82, 2.24) is 9.88 Å². The monoisotopic (exact) mass is 368 g/mol. The van der Waals surface area contributed by atoms with Gasteiger partial charge in [-0.25, -0.2) is 13.8 Å². The highest BCUT2D eigenvalue weighted by Gasteiger charge is 2.47. The third-order valence-electron chi connectivity index (χ3n) is 4.72. The van der Waals surface area contributed by atoms with Gasteiger partial charge in [-0.1, -0.05) is 36.4 Å². The molecule has 1 atom stereocenters. The summed E-state index contributed by atoms with van der Waals surface area (Å²) >= 11 is 0. The highest BCUT2D eigenvalue weighted by atomic mass is 19.3. The van der Waals surface area contributed by atoms with Crippen LogP contribution in [-0.4, -0.2) is 40.9 Å². The molecule has 1 aromatic heterocycles. The predicted molar refractivity (Wildman–Crippen MR) is 98.1 cm³/mol. The van der Waals surface area contributed by atoms with Gasteiger partial charge in [-0.05, 0) is 24.3 Å². The summed E-state index contributed by atoms with van der Waals surface area (Å²) < 4.78 is 34.4. The van der Waals surface area contributed by atoms with Crippen LogP contribution in [0.25, 0.3) is 10.9 Å². The molecule has 2 heterocycles. The SMILES string of the molecule is O=C(c1ccccc1)N1CCC(F)(F)C(Oc2ccc3ccccc3n2)C1. The molecule has 138 valence electrons. The van der Waals surface area contributed by atoms with Crippen molar-refractivity contribution in [1.29, 1.82) is 0 Å². The first-order valence-corrected chi connectivity index (χ1v) is 8.77. The number of alkyl halides is 2. The van der Waals surface area contributed by atoms with Crippen LogP contribution in [0.4, 0.5) is 8.78 Å². The summed E-state index contributed by atoms with van der Waals surface area (Å²) in [6, 6.07) is 19.4. The van der Waals surface area contributed by atoms with Gasteiger partial charge in [0.05, 0.1) is 12.1 Å². The van der Waals surface area contributed by atoms with Gasteiger partial charge in [-0.3, -0.25) is 4.79 Å². The zero-order valence-electron chi connectivity index (χ0n) is 14.5. The molecular formula is C21H18F2N2O2. The first kappa shape index (κ1) is 17.4. The molecule has 4 nitrogen and oxygen atoms in total. The number of piperidine rings is 1. The number of halogens is 2. The Hall–Kier alpha value is -3.02. The number of pyridine rings is 1. The molecule has 4 rings (SSSR count). The van der Waals surface area contributed by atoms with E-state index in [1.165, 1.54) is 4.90 Å². The maximum atomic E-state index is 14.4. The van der Waals surface area contributed by atoms with Gasteiger partial charge in [0.2, 0.25) is 5.88 Å². The zero-order chi connectivity index (χ0) is 18.9. The minimum atomic E-state index is -3.03. The van der Waals surface area contributed by atoms with Crippen molar-refractivity contribution in [2.75, 3.05) is 13.1 Å². The number of benzene rings is 2. The standard InChI is InChI=1S/C21H18F2N2O2/c22-21(23)12-13-25(20(26)16-7-2-1-3-8-16)14-18(21)27-19-11-10-15-6-4-5-9-17(15)24-19/h1-11,18H,12-14H2. The molecule has 1 unspecified atom stereocenters. The van der Waals surface area contributed by atoms with E-state index in [4.69, 9.17) is 4.74 Å². The quantitative estimate of drug-likeness (QED) is 0.697. The fourth-order valence-electron chi connectivity index (χ4n) is 3.20. The zero-order valence-corrected chi connectivity index (χ0v) is 14.5. The Kier molecular flexibility index (Phi) is 4.48. The lowest BCUT2D eigenvalue weighted by Gasteiger charge is -2.38. The number of aromatic nitrogens is 1. The molecule has 0 spiro atoms. The molecule has 0 bridgehead atoms. The van der Waals surface area contributed by atoms with Crippen LogP contribution in [0.3, 0.4) is 0 Å². The minimum Gasteiger partial charge on any atom is -0.466 e. The third-order valence-corrected chi connectivity index (χ3v) is 4.72. The van der Waals surface area contributed by atoms with Crippen LogP contribution < -0.4 is 4.74 Å². The third kappa shape index (κ3) is 3.60. The summed E-state index contributed by atoms with van der Waals surface area (Å²) in [6.45, 7) is -0.193. The van der Waals surface area contributed by atoms with Crippen molar-refractivity contribution >= 4 is 16.8 Å². The van der Waals surface area contributed by atoms with Crippen LogP contribution in [0.1, 0.15) is 16.8 Å². The highest BCUT2D eigenvalue weighted by molar-refractivity contribution is 5.94. The molecule has 1 amide bonds. The van der Waals surface area contributed by atoms with E-state index in [-0.39, 0.29) is 24.9 Å². The van der Waals surface area contributed by atoms with Crippen LogP contribution >= 0.6 is 0 Å². The van der Waals surface area contributed by atoms with Gasteiger partial charge in [-0.15, -0.1) is 0 Å². The Morgan fingerprint density at radius 2 is 1.78 bits per heavy atom. The van der Waals surface area contributed by atoms with Crippen LogP contribution in [0, 0.1) is 0 Å². The van der Waals surface area contributed by atoms with Gasteiger partial charge in [0.1, 0.15) is 0 Å². The maximum absolute atomic E-state index is 14.4. The average molecular weight is 368 g/mol. The number of hydrogen-bond donors (Lipinski definition) is 0. The molecule has 0 saturated carbocycles. The van der Waals surface area contributed by atoms with Gasteiger partial charge >= 0.3 is 0 Å². The number of carbonyl (C=O) groups is 1. The molecule has 6 heteroatoms. The summed E-state index contributed by atoms with van der Waals surface area (Å²) in [7, 11) is 0. The van der Waals surface area contributed by atoms with E-state index >= 15 is 0 Å². The van der Waals surface area contributed by atoms with Gasteiger partial charge in [-0.2, -0.15) is 0 Å². The average Bonchev–Trinajstić information content (AvgIpc) is 2.69. The number of fused-ring (bicyclic) bond motifs is 1. The smallest absolute Gasteiger partial charge is 0.287 e. The number of para-hydroxylation sites is 1. The molecule has 27 heavy (non-hydrogen) atoms. The Morgan fingerprint density at radius 1 is 1.04 bits per heavy atom. The number of nitrogens with zero attached hydrogens (tertiary/aromatic N) is 2. The second-order valence-corrected chi connectivity index (χ2v) is 6.58. The van der Waals surface area contributed by atoms with Crippen LogP contribution in [0.5, 0.6) is 5.88 Å². The molecule has 1 fully saturated rings. The second kappa shape index (κ2) is 6.95. The van der Waals surface area contributed by atoms with E-state index in [1.807, 2.05) is 18.2 Å². The topological polar surface area (TPSA) is 42.4 Å². The summed E-state index contributed by atoms with van der Waals surface area (Å²) in [6.07, 6.45) is -1.88. The van der Waals surface area contributed by atoms with Gasteiger partial charge in [0, 0.05) is 30.0 Å². The number of hydrogen-bond acceptors (Lipinski definition) is 3. The van der Waals surface area contributed by atoms with E-state index in [9.17, 15) is 13.6 Å². The maximum Gasteiger partial charge on any atom is 0.287 e. The second-order valence-electron chi connectivity index (χ2n) is 6.58. The normalized spacial score (nSPS) is 19.0. The fraction of sp³-hybridized carbons (Fsp3) is 0.238. The van der Waals surface area contributed by atoms with Crippen LogP contribution in [-0.2, 0) is 0 Å². The Labute approximate surface area is 155 Å². The first-order chi connectivity index (χ1) is 13.0. The van der Waals surface area contributed by atoms with Crippen LogP contribution in [0.15, 0.2) is 66.7 Å². The van der Waals surface area contributed by atoms with Crippen LogP contribution in [0.2, 0.25) is 0 Å². The lowest BCUT2D eigenvalue weighted by Crippen LogP contribution is -2.55. The molecule has 1 aliphatic rings. The van der Waals surface area contributed by atoms with Gasteiger partial charge in [0.15, 0.2) is 6.10 Å². The number of likely N-dealkylation sites (tertiary alicyclic amines) is 1. The van der Waals surface area contributed by atoms with E-state index in [0.29, 0.717) is 11.1 Å². The molecule has 0 aliphatic carbocycles. The molecule has 0 radical (unpaired) electrons. The Balaban J connectivity index is 1.54. The van der Waals surface area contributed by atoms with Crippen molar-refractivity contribution in [3.05, 3.63) is 72.3 Å². The predicted octanol–water partition coefficient (Wildman–Crippen LogP) is 4.16. The van der Waals surface area contributed by atoms with E-state index in [1.54, 1.807) is 48.5 Å². The molecule has 1 aliphatic heterocycles. The molecule has 2 aromatic carbocycles. The molecule has 1 saturated heterocycles. The van der Waals surface area contributed by atoms with Gasteiger partial charge in [0.25, 0.3) is 11.8 Å². The van der Waals surface area contributed by atoms with Crippen molar-refractivity contribution < 1.29 is 18.3 Å². The summed E-state index contributed by atoms with van der Waals surface area (Å²) in [5.74, 6) is -3.17. The van der Waals surface area contributed by atoms with Crippen molar-refractivity contribution in [2.45, 2.75) is 18.4 Å². The number of rotatable bonds is 3. The Morgan fingerprint density at radius 3 is 2.59 bits per heavy atom. The summed E-state index contributed by atoms with van der Waals surface area (Å²) in [5.41, 5.74) is 1.15. The molecule has 3 aromatic rings. The largest absolute Gasteiger partial charge is 0.466 e. The van der Waals surface area contributed by atoms with Crippen molar-refractivity contribution in [2.24, 2.45) is 0 Å². The first-order valence-electron chi connectivity index (χ1n) is 8.77. The summed E-state index contributed by atoms with van der Waals surface area (Å²) in [5, 5.41) is 0.904. The molecular weight excluding hydrogens is 350 g/mol. The lowest BCUT2D eigenvalue weighted by molar-refractivity contribution is -0.131. The van der Waals surface area contributed by atoms with Crippen molar-refractivity contribution in [3.63, 3.8) is 0 Å². The van der Waals surface area contributed by atoms with E-state index in [2.05, 4.69) is 4.98 Å². The molecule has 0 N–H and O–H groups in total. The summed E-state index contributed by atoms with van der Waals surface area (Å²) in [4.78, 5) is 18.3. The number of ether oxygens (including phenoxy) is 1. The Bertz CT molecular complexity index is 963.